The summed E-state index contributed by atoms with van der Waals surface area (Å²) in [6.07, 6.45) is -1.52. The van der Waals surface area contributed by atoms with E-state index in [4.69, 9.17) is 14.6 Å². The zero-order chi connectivity index (χ0) is 14.5. The molecule has 0 aliphatic carbocycles. The molecule has 0 spiro atoms. The number of nitrogens with one attached hydrogen (secondary N) is 1. The van der Waals surface area contributed by atoms with E-state index in [0.717, 1.165) is 11.1 Å². The highest BCUT2D eigenvalue weighted by molar-refractivity contribution is 5.92. The Balaban J connectivity index is 1.77. The number of aliphatic hydroxyl groups excluding tert-OH is 1. The van der Waals surface area contributed by atoms with Gasteiger partial charge in [-0.2, -0.15) is 0 Å². The number of carbonyl (C=O) groups is 2. The molecule has 2 N–H and O–H groups in total. The van der Waals surface area contributed by atoms with Gasteiger partial charge in [0.25, 0.3) is 5.91 Å². The fourth-order valence-electron chi connectivity index (χ4n) is 1.77. The number of epoxide rings is 1. The molecule has 1 heterocycles. The fourth-order valence-corrected chi connectivity index (χ4v) is 1.77. The minimum Gasteiger partial charge on any atom is -0.464 e. The van der Waals surface area contributed by atoms with Crippen LogP contribution in [0.4, 0.5) is 0 Å². The Morgan fingerprint density at radius 3 is 2.50 bits per heavy atom. The predicted octanol–water partition coefficient (Wildman–Crippen LogP) is 0.126. The SMILES string of the molecule is CCOC(=O)[C@@H]1O[C@H]1C(=O)NCc1ccc(CO)cc1. The highest BCUT2D eigenvalue weighted by Gasteiger charge is 2.51. The molecule has 1 saturated heterocycles. The van der Waals surface area contributed by atoms with Crippen molar-refractivity contribution in [1.29, 1.82) is 0 Å². The Hall–Kier alpha value is -1.92. The van der Waals surface area contributed by atoms with Crippen molar-refractivity contribution < 1.29 is 24.2 Å². The number of rotatable bonds is 6. The first kappa shape index (κ1) is 14.5. The molecule has 0 radical (unpaired) electrons. The average Bonchev–Trinajstić information content (AvgIpc) is 3.26. The van der Waals surface area contributed by atoms with Gasteiger partial charge in [0, 0.05) is 6.54 Å². The van der Waals surface area contributed by atoms with Crippen LogP contribution in [0.15, 0.2) is 24.3 Å². The molecular weight excluding hydrogens is 262 g/mol. The minimum absolute atomic E-state index is 0.0101. The second-order valence-electron chi connectivity index (χ2n) is 4.42. The first-order valence-corrected chi connectivity index (χ1v) is 6.44. The van der Waals surface area contributed by atoms with Gasteiger partial charge in [-0.1, -0.05) is 24.3 Å². The lowest BCUT2D eigenvalue weighted by Crippen LogP contribution is -2.30. The molecule has 0 aromatic heterocycles. The number of esters is 1. The highest BCUT2D eigenvalue weighted by atomic mass is 16.6. The predicted molar refractivity (Wildman–Crippen MR) is 69.5 cm³/mol. The summed E-state index contributed by atoms with van der Waals surface area (Å²) in [7, 11) is 0. The van der Waals surface area contributed by atoms with E-state index in [-0.39, 0.29) is 19.1 Å². The Bertz CT molecular complexity index is 485. The molecule has 108 valence electrons. The second kappa shape index (κ2) is 6.49. The molecule has 6 nitrogen and oxygen atoms in total. The number of amides is 1. The summed E-state index contributed by atoms with van der Waals surface area (Å²) in [6.45, 7) is 2.30. The van der Waals surface area contributed by atoms with Crippen LogP contribution in [0.1, 0.15) is 18.1 Å². The first-order valence-electron chi connectivity index (χ1n) is 6.44. The lowest BCUT2D eigenvalue weighted by atomic mass is 10.1. The zero-order valence-electron chi connectivity index (χ0n) is 11.2. The largest absolute Gasteiger partial charge is 0.464 e. The van der Waals surface area contributed by atoms with Crippen LogP contribution in [0.25, 0.3) is 0 Å². The van der Waals surface area contributed by atoms with E-state index in [0.29, 0.717) is 6.54 Å². The van der Waals surface area contributed by atoms with Crippen LogP contribution in [0.2, 0.25) is 0 Å². The van der Waals surface area contributed by atoms with E-state index in [9.17, 15) is 9.59 Å². The molecule has 6 heteroatoms. The van der Waals surface area contributed by atoms with Crippen LogP contribution in [0.3, 0.4) is 0 Å². The van der Waals surface area contributed by atoms with Crippen molar-refractivity contribution in [2.24, 2.45) is 0 Å². The van der Waals surface area contributed by atoms with Gasteiger partial charge in [0.15, 0.2) is 12.2 Å². The monoisotopic (exact) mass is 279 g/mol. The van der Waals surface area contributed by atoms with Crippen molar-refractivity contribution in [2.75, 3.05) is 6.61 Å². The number of hydrogen-bond acceptors (Lipinski definition) is 5. The van der Waals surface area contributed by atoms with E-state index < -0.39 is 18.2 Å². The molecule has 1 amide bonds. The lowest BCUT2D eigenvalue weighted by Gasteiger charge is -2.04. The summed E-state index contributed by atoms with van der Waals surface area (Å²) in [5, 5.41) is 11.6. The van der Waals surface area contributed by atoms with E-state index in [2.05, 4.69) is 5.32 Å². The number of ether oxygens (including phenoxy) is 2. The molecule has 1 aliphatic heterocycles. The van der Waals surface area contributed by atoms with Crippen molar-refractivity contribution in [2.45, 2.75) is 32.3 Å². The maximum atomic E-state index is 11.7. The fraction of sp³-hybridized carbons (Fsp3) is 0.429. The Morgan fingerprint density at radius 1 is 1.25 bits per heavy atom. The first-order chi connectivity index (χ1) is 9.65. The van der Waals surface area contributed by atoms with Gasteiger partial charge in [0.1, 0.15) is 0 Å². The number of carbonyl (C=O) groups excluding carboxylic acids is 2. The molecule has 0 unspecified atom stereocenters. The van der Waals surface area contributed by atoms with Crippen LogP contribution < -0.4 is 5.32 Å². The van der Waals surface area contributed by atoms with Crippen molar-refractivity contribution in [3.8, 4) is 0 Å². The van der Waals surface area contributed by atoms with Crippen molar-refractivity contribution in [3.05, 3.63) is 35.4 Å². The van der Waals surface area contributed by atoms with Crippen molar-refractivity contribution in [3.63, 3.8) is 0 Å². The van der Waals surface area contributed by atoms with Gasteiger partial charge in [-0.25, -0.2) is 4.79 Å². The standard InChI is InChI=1S/C14H17NO5/c1-2-19-14(18)12-11(20-12)13(17)15-7-9-3-5-10(8-16)6-4-9/h3-6,11-12,16H,2,7-8H2,1H3,(H,15,17)/t11-,12-/m1/s1. The Labute approximate surface area is 116 Å². The van der Waals surface area contributed by atoms with Gasteiger partial charge in [-0.3, -0.25) is 4.79 Å². The molecule has 0 saturated carbocycles. The third kappa shape index (κ3) is 3.55. The second-order valence-corrected chi connectivity index (χ2v) is 4.42. The zero-order valence-corrected chi connectivity index (χ0v) is 11.2. The molecule has 1 aromatic carbocycles. The van der Waals surface area contributed by atoms with E-state index >= 15 is 0 Å². The molecule has 20 heavy (non-hydrogen) atoms. The topological polar surface area (TPSA) is 88.2 Å². The quantitative estimate of drug-likeness (QED) is 0.570. The summed E-state index contributed by atoms with van der Waals surface area (Å²) in [6, 6.07) is 7.22. The van der Waals surface area contributed by atoms with E-state index in [1.54, 1.807) is 19.1 Å². The summed E-state index contributed by atoms with van der Waals surface area (Å²) in [5.41, 5.74) is 1.72. The highest BCUT2D eigenvalue weighted by Crippen LogP contribution is 2.23. The van der Waals surface area contributed by atoms with Gasteiger partial charge in [0.05, 0.1) is 13.2 Å². The van der Waals surface area contributed by atoms with Gasteiger partial charge in [-0.15, -0.1) is 0 Å². The molecule has 1 fully saturated rings. The smallest absolute Gasteiger partial charge is 0.338 e. The van der Waals surface area contributed by atoms with Crippen LogP contribution in [0, 0.1) is 0 Å². The maximum absolute atomic E-state index is 11.7. The lowest BCUT2D eigenvalue weighted by molar-refractivity contribution is -0.144. The number of benzene rings is 1. The van der Waals surface area contributed by atoms with Gasteiger partial charge >= 0.3 is 5.97 Å². The number of aliphatic hydroxyl groups is 1. The maximum Gasteiger partial charge on any atom is 0.338 e. The van der Waals surface area contributed by atoms with Crippen molar-refractivity contribution in [1.82, 2.24) is 5.32 Å². The van der Waals surface area contributed by atoms with Crippen LogP contribution in [-0.2, 0) is 32.2 Å². The molecular formula is C14H17NO5. The van der Waals surface area contributed by atoms with Crippen LogP contribution in [0.5, 0.6) is 0 Å². The van der Waals surface area contributed by atoms with Crippen LogP contribution in [-0.4, -0.2) is 35.8 Å². The van der Waals surface area contributed by atoms with Gasteiger partial charge in [0.2, 0.25) is 0 Å². The molecule has 1 aromatic rings. The number of hydrogen-bond donors (Lipinski definition) is 2. The molecule has 2 rings (SSSR count). The Kier molecular flexibility index (Phi) is 4.70. The third-order valence-corrected chi connectivity index (χ3v) is 2.94. The molecule has 0 bridgehead atoms. The van der Waals surface area contributed by atoms with Gasteiger partial charge in [-0.05, 0) is 18.1 Å². The summed E-state index contributed by atoms with van der Waals surface area (Å²) >= 11 is 0. The van der Waals surface area contributed by atoms with E-state index in [1.165, 1.54) is 0 Å². The van der Waals surface area contributed by atoms with Gasteiger partial charge < -0.3 is 19.9 Å². The summed E-state index contributed by atoms with van der Waals surface area (Å²) < 4.78 is 9.77. The van der Waals surface area contributed by atoms with Crippen molar-refractivity contribution >= 4 is 11.9 Å². The van der Waals surface area contributed by atoms with E-state index in [1.807, 2.05) is 12.1 Å². The summed E-state index contributed by atoms with van der Waals surface area (Å²) in [5.74, 6) is -0.825. The average molecular weight is 279 g/mol. The summed E-state index contributed by atoms with van der Waals surface area (Å²) in [4.78, 5) is 23.1. The Morgan fingerprint density at radius 2 is 1.90 bits per heavy atom. The molecule has 2 atom stereocenters. The normalized spacial score (nSPS) is 20.3. The molecule has 1 aliphatic rings. The van der Waals surface area contributed by atoms with Crippen LogP contribution >= 0.6 is 0 Å². The minimum atomic E-state index is -0.772. The third-order valence-electron chi connectivity index (χ3n) is 2.94.